The Bertz CT molecular complexity index is 660. The minimum atomic E-state index is 0.558. The molecule has 1 fully saturated rings. The minimum Gasteiger partial charge on any atom is -0.367 e. The van der Waals surface area contributed by atoms with E-state index in [4.69, 9.17) is 0 Å². The van der Waals surface area contributed by atoms with E-state index in [0.29, 0.717) is 12.0 Å². The molecule has 1 saturated carbocycles. The van der Waals surface area contributed by atoms with Crippen molar-refractivity contribution in [2.75, 3.05) is 10.6 Å². The quantitative estimate of drug-likeness (QED) is 0.872. The Balaban J connectivity index is 1.81. The lowest BCUT2D eigenvalue weighted by atomic mass is 10.1. The van der Waals surface area contributed by atoms with E-state index in [1.165, 1.54) is 36.8 Å². The van der Waals surface area contributed by atoms with Crippen molar-refractivity contribution < 1.29 is 0 Å². The van der Waals surface area contributed by atoms with Gasteiger partial charge in [-0.15, -0.1) is 0 Å². The fraction of sp³-hybridized carbons (Fsp3) is 0.444. The van der Waals surface area contributed by atoms with Crippen LogP contribution in [0.1, 0.15) is 42.5 Å². The fourth-order valence-corrected chi connectivity index (χ4v) is 2.97. The SMILES string of the molecule is Cc1ccc(C)c(Nc2nc(C)cc(NC3CCCC3)n2)c1. The largest absolute Gasteiger partial charge is 0.367 e. The third kappa shape index (κ3) is 3.56. The molecule has 0 saturated heterocycles. The first-order valence-corrected chi connectivity index (χ1v) is 8.06. The van der Waals surface area contributed by atoms with E-state index in [0.717, 1.165) is 17.2 Å². The van der Waals surface area contributed by atoms with Crippen LogP contribution in [-0.4, -0.2) is 16.0 Å². The van der Waals surface area contributed by atoms with Crippen LogP contribution in [0.2, 0.25) is 0 Å². The van der Waals surface area contributed by atoms with Crippen molar-refractivity contribution in [2.45, 2.75) is 52.5 Å². The van der Waals surface area contributed by atoms with Gasteiger partial charge in [0.1, 0.15) is 5.82 Å². The summed E-state index contributed by atoms with van der Waals surface area (Å²) in [4.78, 5) is 9.14. The van der Waals surface area contributed by atoms with E-state index in [1.54, 1.807) is 0 Å². The van der Waals surface area contributed by atoms with Crippen molar-refractivity contribution >= 4 is 17.5 Å². The van der Waals surface area contributed by atoms with Crippen LogP contribution in [0.15, 0.2) is 24.3 Å². The Hall–Kier alpha value is -2.10. The van der Waals surface area contributed by atoms with Crippen molar-refractivity contribution in [3.63, 3.8) is 0 Å². The molecule has 116 valence electrons. The number of aryl methyl sites for hydroxylation is 3. The van der Waals surface area contributed by atoms with Crippen molar-refractivity contribution in [1.82, 2.24) is 9.97 Å². The molecule has 0 spiro atoms. The van der Waals surface area contributed by atoms with Gasteiger partial charge in [0.05, 0.1) is 0 Å². The van der Waals surface area contributed by atoms with Gasteiger partial charge in [0, 0.05) is 23.5 Å². The third-order valence-electron chi connectivity index (χ3n) is 4.20. The third-order valence-corrected chi connectivity index (χ3v) is 4.20. The predicted octanol–water partition coefficient (Wildman–Crippen LogP) is 4.50. The standard InChI is InChI=1S/C18H24N4/c1-12-8-9-13(2)16(10-12)21-18-19-14(3)11-17(22-18)20-15-6-4-5-7-15/h8-11,15H,4-7H2,1-3H3,(H2,19,20,21,22). The topological polar surface area (TPSA) is 49.8 Å². The monoisotopic (exact) mass is 296 g/mol. The van der Waals surface area contributed by atoms with Crippen LogP contribution in [0.5, 0.6) is 0 Å². The van der Waals surface area contributed by atoms with E-state index < -0.39 is 0 Å². The van der Waals surface area contributed by atoms with Gasteiger partial charge in [-0.1, -0.05) is 25.0 Å². The lowest BCUT2D eigenvalue weighted by Crippen LogP contribution is -2.16. The molecule has 2 aromatic rings. The molecule has 0 atom stereocenters. The second-order valence-corrected chi connectivity index (χ2v) is 6.29. The number of hydrogen-bond acceptors (Lipinski definition) is 4. The lowest BCUT2D eigenvalue weighted by molar-refractivity contribution is 0.749. The molecule has 0 unspecified atom stereocenters. The highest BCUT2D eigenvalue weighted by Gasteiger charge is 2.15. The molecule has 4 heteroatoms. The number of rotatable bonds is 4. The maximum absolute atomic E-state index is 4.63. The molecule has 4 nitrogen and oxygen atoms in total. The van der Waals surface area contributed by atoms with Crippen LogP contribution >= 0.6 is 0 Å². The molecular weight excluding hydrogens is 272 g/mol. The second-order valence-electron chi connectivity index (χ2n) is 6.29. The molecule has 0 aliphatic heterocycles. The summed E-state index contributed by atoms with van der Waals surface area (Å²) in [7, 11) is 0. The lowest BCUT2D eigenvalue weighted by Gasteiger charge is -2.15. The highest BCUT2D eigenvalue weighted by atomic mass is 15.2. The predicted molar refractivity (Wildman–Crippen MR) is 91.8 cm³/mol. The smallest absolute Gasteiger partial charge is 0.229 e. The van der Waals surface area contributed by atoms with Gasteiger partial charge in [-0.3, -0.25) is 0 Å². The minimum absolute atomic E-state index is 0.558. The van der Waals surface area contributed by atoms with Gasteiger partial charge in [0.25, 0.3) is 0 Å². The van der Waals surface area contributed by atoms with Gasteiger partial charge in [0.15, 0.2) is 0 Å². The molecule has 1 heterocycles. The zero-order valence-electron chi connectivity index (χ0n) is 13.6. The molecular formula is C18H24N4. The second kappa shape index (κ2) is 6.34. The van der Waals surface area contributed by atoms with E-state index in [-0.39, 0.29) is 0 Å². The Morgan fingerprint density at radius 2 is 1.77 bits per heavy atom. The molecule has 1 aromatic heterocycles. The molecule has 0 bridgehead atoms. The normalized spacial score (nSPS) is 15.0. The molecule has 1 aromatic carbocycles. The van der Waals surface area contributed by atoms with Crippen LogP contribution in [0.25, 0.3) is 0 Å². The highest BCUT2D eigenvalue weighted by Crippen LogP contribution is 2.24. The van der Waals surface area contributed by atoms with Crippen molar-refractivity contribution in [1.29, 1.82) is 0 Å². The van der Waals surface area contributed by atoms with Crippen molar-refractivity contribution in [3.8, 4) is 0 Å². The maximum atomic E-state index is 4.63. The Morgan fingerprint density at radius 3 is 2.55 bits per heavy atom. The summed E-state index contributed by atoms with van der Waals surface area (Å²) in [5, 5.41) is 6.90. The van der Waals surface area contributed by atoms with Gasteiger partial charge < -0.3 is 10.6 Å². The van der Waals surface area contributed by atoms with E-state index >= 15 is 0 Å². The number of aromatic nitrogens is 2. The molecule has 3 rings (SSSR count). The van der Waals surface area contributed by atoms with Crippen LogP contribution in [0.4, 0.5) is 17.5 Å². The van der Waals surface area contributed by atoms with Crippen molar-refractivity contribution in [2.24, 2.45) is 0 Å². The summed E-state index contributed by atoms with van der Waals surface area (Å²) in [6.45, 7) is 6.19. The number of nitrogens with zero attached hydrogens (tertiary/aromatic N) is 2. The summed E-state index contributed by atoms with van der Waals surface area (Å²) in [6.07, 6.45) is 5.11. The first-order valence-electron chi connectivity index (χ1n) is 8.06. The summed E-state index contributed by atoms with van der Waals surface area (Å²) in [5.74, 6) is 1.58. The van der Waals surface area contributed by atoms with Gasteiger partial charge >= 0.3 is 0 Å². The average molecular weight is 296 g/mol. The fourth-order valence-electron chi connectivity index (χ4n) is 2.97. The van der Waals surface area contributed by atoms with Crippen LogP contribution in [0, 0.1) is 20.8 Å². The van der Waals surface area contributed by atoms with Crippen LogP contribution in [-0.2, 0) is 0 Å². The van der Waals surface area contributed by atoms with Crippen molar-refractivity contribution in [3.05, 3.63) is 41.1 Å². The van der Waals surface area contributed by atoms with E-state index in [1.807, 2.05) is 13.0 Å². The molecule has 0 amide bonds. The summed E-state index contributed by atoms with van der Waals surface area (Å²) in [6, 6.07) is 8.94. The zero-order chi connectivity index (χ0) is 15.5. The molecule has 0 radical (unpaired) electrons. The summed E-state index contributed by atoms with van der Waals surface area (Å²) >= 11 is 0. The molecule has 2 N–H and O–H groups in total. The zero-order valence-corrected chi connectivity index (χ0v) is 13.6. The Morgan fingerprint density at radius 1 is 1.00 bits per heavy atom. The number of benzene rings is 1. The van der Waals surface area contributed by atoms with Gasteiger partial charge in [-0.25, -0.2) is 4.98 Å². The molecule has 1 aliphatic rings. The summed E-state index contributed by atoms with van der Waals surface area (Å²) in [5.41, 5.74) is 4.46. The first kappa shape index (κ1) is 14.8. The number of anilines is 3. The maximum Gasteiger partial charge on any atom is 0.229 e. The van der Waals surface area contributed by atoms with E-state index in [9.17, 15) is 0 Å². The van der Waals surface area contributed by atoms with Gasteiger partial charge in [-0.05, 0) is 50.8 Å². The molecule has 22 heavy (non-hydrogen) atoms. The molecule has 1 aliphatic carbocycles. The summed E-state index contributed by atoms with van der Waals surface area (Å²) < 4.78 is 0. The Kier molecular flexibility index (Phi) is 4.27. The van der Waals surface area contributed by atoms with E-state index in [2.05, 4.69) is 52.6 Å². The first-order chi connectivity index (χ1) is 10.6. The number of hydrogen-bond donors (Lipinski definition) is 2. The number of nitrogens with one attached hydrogen (secondary N) is 2. The van der Waals surface area contributed by atoms with Crippen LogP contribution < -0.4 is 10.6 Å². The van der Waals surface area contributed by atoms with Gasteiger partial charge in [-0.2, -0.15) is 4.98 Å². The van der Waals surface area contributed by atoms with Crippen LogP contribution in [0.3, 0.4) is 0 Å². The Labute approximate surface area is 132 Å². The average Bonchev–Trinajstić information content (AvgIpc) is 2.95. The van der Waals surface area contributed by atoms with Gasteiger partial charge in [0.2, 0.25) is 5.95 Å². The highest BCUT2D eigenvalue weighted by molar-refractivity contribution is 5.60.